The van der Waals surface area contributed by atoms with Crippen LogP contribution < -0.4 is 5.32 Å². The zero-order valence-corrected chi connectivity index (χ0v) is 23.0. The normalized spacial score (nSPS) is 16.1. The van der Waals surface area contributed by atoms with Crippen LogP contribution in [0.25, 0.3) is 0 Å². The summed E-state index contributed by atoms with van der Waals surface area (Å²) in [5.74, 6) is -5.63. The van der Waals surface area contributed by atoms with Gasteiger partial charge in [-0.25, -0.2) is 18.0 Å². The number of hydrogen-bond acceptors (Lipinski definition) is 5. The van der Waals surface area contributed by atoms with E-state index in [4.69, 9.17) is 4.74 Å². The highest BCUT2D eigenvalue weighted by Crippen LogP contribution is 2.35. The van der Waals surface area contributed by atoms with E-state index in [-0.39, 0.29) is 30.9 Å². The number of carbonyl (C=O) groups excluding carboxylic acids is 2. The van der Waals surface area contributed by atoms with Gasteiger partial charge in [0, 0.05) is 38.0 Å². The molecule has 2 heterocycles. The first-order valence-electron chi connectivity index (χ1n) is 13.1. The lowest BCUT2D eigenvalue weighted by Gasteiger charge is -2.37. The second-order valence-electron chi connectivity index (χ2n) is 10.9. The van der Waals surface area contributed by atoms with Crippen LogP contribution in [0.5, 0.6) is 0 Å². The fraction of sp³-hybridized carbons (Fsp3) is 0.429. The van der Waals surface area contributed by atoms with E-state index >= 15 is 0 Å². The quantitative estimate of drug-likeness (QED) is 0.293. The highest BCUT2D eigenvalue weighted by Gasteiger charge is 2.43. The fourth-order valence-corrected chi connectivity index (χ4v) is 4.79. The van der Waals surface area contributed by atoms with Crippen LogP contribution in [0.3, 0.4) is 0 Å². The molecule has 4 rings (SSSR count). The Kier molecular flexibility index (Phi) is 8.83. The number of ether oxygens (including phenoxy) is 1. The predicted molar refractivity (Wildman–Crippen MR) is 137 cm³/mol. The molecular formula is C28H29F6N5O3. The Labute approximate surface area is 237 Å². The lowest BCUT2D eigenvalue weighted by Crippen LogP contribution is -2.48. The summed E-state index contributed by atoms with van der Waals surface area (Å²) >= 11 is 0. The van der Waals surface area contributed by atoms with Crippen LogP contribution in [0, 0.1) is 17.5 Å². The molecule has 14 heteroatoms. The largest absolute Gasteiger partial charge is 0.451 e. The zero-order valence-electron chi connectivity index (χ0n) is 23.0. The number of benzene rings is 2. The van der Waals surface area contributed by atoms with Gasteiger partial charge in [-0.15, -0.1) is 10.2 Å². The van der Waals surface area contributed by atoms with Gasteiger partial charge in [-0.2, -0.15) is 13.2 Å². The lowest BCUT2D eigenvalue weighted by molar-refractivity contribution is -0.148. The average Bonchev–Trinajstić information content (AvgIpc) is 3.32. The molecule has 0 spiro atoms. The van der Waals surface area contributed by atoms with Crippen molar-refractivity contribution < 1.29 is 40.7 Å². The van der Waals surface area contributed by atoms with Gasteiger partial charge >= 0.3 is 12.3 Å². The summed E-state index contributed by atoms with van der Waals surface area (Å²) in [7, 11) is 0. The molecule has 0 radical (unpaired) electrons. The van der Waals surface area contributed by atoms with E-state index in [1.807, 2.05) is 0 Å². The molecule has 0 fully saturated rings. The first-order valence-corrected chi connectivity index (χ1v) is 13.1. The van der Waals surface area contributed by atoms with Crippen LogP contribution in [0.15, 0.2) is 42.5 Å². The molecule has 1 aliphatic heterocycles. The molecule has 2 aromatic carbocycles. The Bertz CT molecular complexity index is 1440. The average molecular weight is 598 g/mol. The Balaban J connectivity index is 1.64. The number of fused-ring (bicyclic) bond motifs is 1. The smallest absolute Gasteiger partial charge is 0.444 e. The molecule has 2 amide bonds. The highest BCUT2D eigenvalue weighted by atomic mass is 19.4. The van der Waals surface area contributed by atoms with E-state index in [0.717, 1.165) is 10.1 Å². The molecule has 2 atom stereocenters. The van der Waals surface area contributed by atoms with Gasteiger partial charge in [0.25, 0.3) is 0 Å². The molecule has 1 aromatic heterocycles. The van der Waals surface area contributed by atoms with Gasteiger partial charge in [0.1, 0.15) is 11.4 Å². The van der Waals surface area contributed by atoms with Gasteiger partial charge in [-0.3, -0.25) is 4.79 Å². The molecule has 1 N–H and O–H groups in total. The monoisotopic (exact) mass is 597 g/mol. The lowest BCUT2D eigenvalue weighted by atomic mass is 9.99. The van der Waals surface area contributed by atoms with Crippen molar-refractivity contribution >= 4 is 12.0 Å². The molecular weight excluding hydrogens is 568 g/mol. The van der Waals surface area contributed by atoms with Gasteiger partial charge < -0.3 is 19.5 Å². The summed E-state index contributed by atoms with van der Waals surface area (Å²) in [5, 5.41) is 9.61. The van der Waals surface area contributed by atoms with Crippen molar-refractivity contribution in [2.24, 2.45) is 0 Å². The molecule has 0 unspecified atom stereocenters. The minimum absolute atomic E-state index is 0.0610. The fourth-order valence-electron chi connectivity index (χ4n) is 4.79. The highest BCUT2D eigenvalue weighted by molar-refractivity contribution is 5.78. The number of hydrogen-bond donors (Lipinski definition) is 1. The summed E-state index contributed by atoms with van der Waals surface area (Å²) in [5.41, 5.74) is -0.492. The van der Waals surface area contributed by atoms with Gasteiger partial charge in [-0.05, 0) is 44.4 Å². The second kappa shape index (κ2) is 12.0. The molecule has 0 saturated heterocycles. The van der Waals surface area contributed by atoms with Crippen LogP contribution in [0.1, 0.15) is 56.0 Å². The molecule has 226 valence electrons. The van der Waals surface area contributed by atoms with Crippen molar-refractivity contribution in [2.45, 2.75) is 70.4 Å². The molecule has 1 aliphatic rings. The van der Waals surface area contributed by atoms with E-state index in [9.17, 15) is 35.9 Å². The van der Waals surface area contributed by atoms with Crippen molar-refractivity contribution in [3.63, 3.8) is 0 Å². The summed E-state index contributed by atoms with van der Waals surface area (Å²) in [6.07, 6.45) is -6.43. The number of rotatable bonds is 7. The Morgan fingerprint density at radius 2 is 1.67 bits per heavy atom. The van der Waals surface area contributed by atoms with Gasteiger partial charge in [0.2, 0.25) is 11.7 Å². The van der Waals surface area contributed by atoms with E-state index < -0.39 is 72.0 Å². The third-order valence-corrected chi connectivity index (χ3v) is 6.56. The topological polar surface area (TPSA) is 89.4 Å². The van der Waals surface area contributed by atoms with Crippen LogP contribution >= 0.6 is 0 Å². The summed E-state index contributed by atoms with van der Waals surface area (Å²) in [4.78, 5) is 27.6. The first-order chi connectivity index (χ1) is 19.6. The van der Waals surface area contributed by atoms with Crippen LogP contribution in [0.4, 0.5) is 31.1 Å². The number of alkyl halides is 3. The van der Waals surface area contributed by atoms with Crippen molar-refractivity contribution in [1.29, 1.82) is 0 Å². The first kappa shape index (κ1) is 30.8. The SMILES string of the molecule is CC(C)(C)OC(=O)N[C@@H](CC(=O)N1CCn2c(nnc2C(F)(F)F)[C@@H]1Cc1ccccc1)Cc1cc(F)c(F)cc1F. The van der Waals surface area contributed by atoms with Crippen LogP contribution in [0.2, 0.25) is 0 Å². The maximum atomic E-state index is 14.5. The summed E-state index contributed by atoms with van der Waals surface area (Å²) in [6.45, 7) is 4.44. The number of aromatic nitrogens is 3. The van der Waals surface area contributed by atoms with Crippen LogP contribution in [-0.2, 0) is 35.1 Å². The maximum absolute atomic E-state index is 14.5. The Morgan fingerprint density at radius 1 is 1.00 bits per heavy atom. The Hall–Kier alpha value is -4.10. The molecule has 3 aromatic rings. The Morgan fingerprint density at radius 3 is 2.31 bits per heavy atom. The number of alkyl carbamates (subject to hydrolysis) is 1. The van der Waals surface area contributed by atoms with Crippen molar-refractivity contribution in [1.82, 2.24) is 25.0 Å². The number of nitrogens with zero attached hydrogens (tertiary/aromatic N) is 4. The predicted octanol–water partition coefficient (Wildman–Crippen LogP) is 5.37. The second-order valence-corrected chi connectivity index (χ2v) is 10.9. The zero-order chi connectivity index (χ0) is 30.8. The number of halogens is 6. The molecule has 0 saturated carbocycles. The third kappa shape index (κ3) is 7.39. The van der Waals surface area contributed by atoms with E-state index in [1.54, 1.807) is 51.1 Å². The maximum Gasteiger partial charge on any atom is 0.451 e. The molecule has 8 nitrogen and oxygen atoms in total. The minimum Gasteiger partial charge on any atom is -0.444 e. The van der Waals surface area contributed by atoms with Gasteiger partial charge in [0.15, 0.2) is 17.5 Å². The van der Waals surface area contributed by atoms with Crippen molar-refractivity contribution in [3.8, 4) is 0 Å². The number of carbonyl (C=O) groups is 2. The molecule has 0 bridgehead atoms. The van der Waals surface area contributed by atoms with E-state index in [2.05, 4.69) is 15.5 Å². The molecule has 0 aliphatic carbocycles. The van der Waals surface area contributed by atoms with E-state index in [1.165, 1.54) is 4.90 Å². The minimum atomic E-state index is -4.76. The number of nitrogens with one attached hydrogen (secondary N) is 1. The van der Waals surface area contributed by atoms with Crippen molar-refractivity contribution in [2.75, 3.05) is 6.54 Å². The van der Waals surface area contributed by atoms with Crippen LogP contribution in [-0.4, -0.2) is 49.9 Å². The van der Waals surface area contributed by atoms with Gasteiger partial charge in [0.05, 0.1) is 6.04 Å². The summed E-state index contributed by atoms with van der Waals surface area (Å²) < 4.78 is 88.9. The molecule has 42 heavy (non-hydrogen) atoms. The third-order valence-electron chi connectivity index (χ3n) is 6.56. The van der Waals surface area contributed by atoms with Gasteiger partial charge in [-0.1, -0.05) is 30.3 Å². The summed E-state index contributed by atoms with van der Waals surface area (Å²) in [6, 6.07) is 7.67. The standard InChI is InChI=1S/C28H29F6N5O3/c1-27(2,3)42-26(41)35-18(12-17-13-20(30)21(31)15-19(17)29)14-23(40)38-9-10-39-24(36-37-25(39)28(32,33)34)22(38)11-16-7-5-4-6-8-16/h4-8,13,15,18,22H,9-12,14H2,1-3H3,(H,35,41)/t18-,22+/m1/s1. The number of amides is 2. The van der Waals surface area contributed by atoms with Crippen molar-refractivity contribution in [3.05, 3.63) is 82.7 Å². The van der Waals surface area contributed by atoms with E-state index in [0.29, 0.717) is 12.1 Å².